The average molecular weight is 586 g/mol. The van der Waals surface area contributed by atoms with Crippen molar-refractivity contribution in [2.75, 3.05) is 6.61 Å². The standard InChI is InChI=1S/C34H39N3O6/c1-5-8-11-23(7-3)21-37-31-16-14-24(34(40)29(36-43-22(4)38)15-17-32(39)42-18-6-2)19-27(31)28-20-30(35-41)25-12-9-10-13-26(25)33(28)37/h9-10,12-14,16,19-20,23H,5-8,11,15,17-18,21H2,1-4H3/b36-29+. The Labute approximate surface area is 251 Å². The predicted molar refractivity (Wildman–Crippen MR) is 170 cm³/mol. The minimum absolute atomic E-state index is 0.0477. The number of Topliss-reactive ketones (excluding diaryl/α,β-unsaturated/α-hetero) is 1. The van der Waals surface area contributed by atoms with E-state index in [1.54, 1.807) is 18.2 Å². The third kappa shape index (κ3) is 7.16. The highest BCUT2D eigenvalue weighted by Gasteiger charge is 2.22. The zero-order valence-corrected chi connectivity index (χ0v) is 25.4. The maximum Gasteiger partial charge on any atom is 0.331 e. The number of hydrogen-bond acceptors (Lipinski definition) is 8. The Bertz CT molecular complexity index is 1690. The van der Waals surface area contributed by atoms with Crippen molar-refractivity contribution in [3.8, 4) is 0 Å². The van der Waals surface area contributed by atoms with E-state index >= 15 is 0 Å². The highest BCUT2D eigenvalue weighted by Crippen LogP contribution is 2.40. The minimum atomic E-state index is -0.674. The zero-order chi connectivity index (χ0) is 30.9. The fourth-order valence-corrected chi connectivity index (χ4v) is 5.52. The second kappa shape index (κ2) is 14.7. The van der Waals surface area contributed by atoms with Gasteiger partial charge in [0.15, 0.2) is 0 Å². The quantitative estimate of drug-likeness (QED) is 0.0345. The number of carbonyl (C=O) groups excluding carboxylic acids is 3. The van der Waals surface area contributed by atoms with E-state index in [0.29, 0.717) is 23.6 Å². The van der Waals surface area contributed by atoms with Gasteiger partial charge in [0, 0.05) is 52.5 Å². The molecule has 9 heteroatoms. The molecule has 1 aromatic heterocycles. The molecule has 0 N–H and O–H groups in total. The lowest BCUT2D eigenvalue weighted by Crippen LogP contribution is -2.18. The molecule has 0 saturated heterocycles. The van der Waals surface area contributed by atoms with Crippen molar-refractivity contribution in [2.24, 2.45) is 16.3 Å². The Kier molecular flexibility index (Phi) is 10.8. The lowest BCUT2D eigenvalue weighted by atomic mass is 9.99. The third-order valence-electron chi connectivity index (χ3n) is 7.77. The van der Waals surface area contributed by atoms with E-state index < -0.39 is 17.7 Å². The van der Waals surface area contributed by atoms with E-state index in [1.165, 1.54) is 6.92 Å². The first-order valence-electron chi connectivity index (χ1n) is 15.1. The second-order valence-electron chi connectivity index (χ2n) is 10.9. The SMILES string of the molecule is CCCCC(CC)Cn1c2ccc(C(=O)/C(CCC(=O)OCCC)=N/OC(C)=O)cc2c2cc(N=O)c3ccccc3c21. The molecule has 0 spiro atoms. The number of fused-ring (bicyclic) bond motifs is 5. The van der Waals surface area contributed by atoms with E-state index in [-0.39, 0.29) is 25.2 Å². The lowest BCUT2D eigenvalue weighted by Gasteiger charge is -2.18. The van der Waals surface area contributed by atoms with Crippen molar-refractivity contribution in [3.63, 3.8) is 0 Å². The molecule has 1 heterocycles. The largest absolute Gasteiger partial charge is 0.466 e. The van der Waals surface area contributed by atoms with Gasteiger partial charge in [0.05, 0.1) is 18.5 Å². The van der Waals surface area contributed by atoms with Gasteiger partial charge < -0.3 is 14.1 Å². The summed E-state index contributed by atoms with van der Waals surface area (Å²) in [7, 11) is 0. The van der Waals surface area contributed by atoms with E-state index in [4.69, 9.17) is 9.57 Å². The van der Waals surface area contributed by atoms with E-state index in [2.05, 4.69) is 28.7 Å². The highest BCUT2D eigenvalue weighted by molar-refractivity contribution is 6.46. The summed E-state index contributed by atoms with van der Waals surface area (Å²) >= 11 is 0. The molecule has 1 unspecified atom stereocenters. The molecular formula is C34H39N3O6. The number of oxime groups is 1. The Morgan fingerprint density at radius 1 is 0.907 bits per heavy atom. The molecule has 0 aliphatic carbocycles. The molecule has 0 aliphatic rings. The fraction of sp³-hybridized carbons (Fsp3) is 0.412. The second-order valence-corrected chi connectivity index (χ2v) is 10.9. The molecule has 9 nitrogen and oxygen atoms in total. The summed E-state index contributed by atoms with van der Waals surface area (Å²) in [5.41, 5.74) is 2.53. The van der Waals surface area contributed by atoms with Gasteiger partial charge in [-0.05, 0) is 48.2 Å². The topological polar surface area (TPSA) is 116 Å². The van der Waals surface area contributed by atoms with Crippen LogP contribution in [0, 0.1) is 10.8 Å². The summed E-state index contributed by atoms with van der Waals surface area (Å²) in [6.45, 7) is 8.56. The molecule has 4 aromatic rings. The van der Waals surface area contributed by atoms with Crippen LogP contribution in [0.25, 0.3) is 32.6 Å². The summed E-state index contributed by atoms with van der Waals surface area (Å²) in [4.78, 5) is 54.1. The molecule has 3 aromatic carbocycles. The average Bonchev–Trinajstić information content (AvgIpc) is 3.33. The Morgan fingerprint density at radius 3 is 2.35 bits per heavy atom. The van der Waals surface area contributed by atoms with Crippen molar-refractivity contribution in [3.05, 3.63) is 59.0 Å². The first-order valence-corrected chi connectivity index (χ1v) is 15.1. The number of unbranched alkanes of at least 4 members (excludes halogenated alkanes) is 1. The van der Waals surface area contributed by atoms with Gasteiger partial charge in [0.1, 0.15) is 11.4 Å². The number of carbonyl (C=O) groups is 3. The summed E-state index contributed by atoms with van der Waals surface area (Å²) in [5, 5.41) is 10.5. The third-order valence-corrected chi connectivity index (χ3v) is 7.77. The first-order chi connectivity index (χ1) is 20.8. The van der Waals surface area contributed by atoms with Crippen molar-refractivity contribution >= 4 is 61.7 Å². The molecule has 1 atom stereocenters. The molecule has 0 aliphatic heterocycles. The maximum absolute atomic E-state index is 13.7. The summed E-state index contributed by atoms with van der Waals surface area (Å²) in [5.74, 6) is -1.14. The molecule has 0 amide bonds. The Hall–Kier alpha value is -4.40. The molecule has 4 rings (SSSR count). The zero-order valence-electron chi connectivity index (χ0n) is 25.4. The van der Waals surface area contributed by atoms with Crippen molar-refractivity contribution in [1.82, 2.24) is 4.57 Å². The number of rotatable bonds is 15. The molecule has 0 fully saturated rings. The van der Waals surface area contributed by atoms with Gasteiger partial charge in [-0.1, -0.05) is 69.5 Å². The van der Waals surface area contributed by atoms with Crippen LogP contribution in [0.5, 0.6) is 0 Å². The summed E-state index contributed by atoms with van der Waals surface area (Å²) < 4.78 is 7.44. The first kappa shape index (κ1) is 31.5. The number of nitrogens with zero attached hydrogens (tertiary/aromatic N) is 3. The maximum atomic E-state index is 13.7. The molecule has 0 saturated carbocycles. The fourth-order valence-electron chi connectivity index (χ4n) is 5.52. The normalized spacial score (nSPS) is 12.5. The number of nitroso groups, excluding NO2 is 1. The number of esters is 1. The van der Waals surface area contributed by atoms with E-state index in [9.17, 15) is 19.3 Å². The van der Waals surface area contributed by atoms with Crippen LogP contribution in [0.3, 0.4) is 0 Å². The number of ether oxygens (including phenoxy) is 1. The molecule has 43 heavy (non-hydrogen) atoms. The van der Waals surface area contributed by atoms with Crippen molar-refractivity contribution < 1.29 is 24.0 Å². The van der Waals surface area contributed by atoms with Gasteiger partial charge in [-0.25, -0.2) is 4.79 Å². The Morgan fingerprint density at radius 2 is 1.67 bits per heavy atom. The smallest absolute Gasteiger partial charge is 0.331 e. The van der Waals surface area contributed by atoms with Crippen LogP contribution in [0.15, 0.2) is 58.9 Å². The number of benzene rings is 3. The van der Waals surface area contributed by atoms with Crippen LogP contribution in [0.4, 0.5) is 5.69 Å². The van der Waals surface area contributed by atoms with Crippen LogP contribution >= 0.6 is 0 Å². The van der Waals surface area contributed by atoms with Crippen molar-refractivity contribution in [2.45, 2.75) is 79.2 Å². The van der Waals surface area contributed by atoms with Gasteiger partial charge >= 0.3 is 11.9 Å². The van der Waals surface area contributed by atoms with Gasteiger partial charge in [0.2, 0.25) is 5.78 Å². The predicted octanol–water partition coefficient (Wildman–Crippen LogP) is 8.40. The van der Waals surface area contributed by atoms with Gasteiger partial charge in [-0.2, -0.15) is 0 Å². The van der Waals surface area contributed by atoms with Crippen LogP contribution < -0.4 is 0 Å². The van der Waals surface area contributed by atoms with E-state index in [1.807, 2.05) is 37.3 Å². The molecular weight excluding hydrogens is 546 g/mol. The number of aromatic nitrogens is 1. The van der Waals surface area contributed by atoms with Crippen molar-refractivity contribution in [1.29, 1.82) is 0 Å². The molecule has 226 valence electrons. The van der Waals surface area contributed by atoms with Gasteiger partial charge in [0.25, 0.3) is 0 Å². The van der Waals surface area contributed by atoms with Crippen LogP contribution in [0.1, 0.15) is 83.0 Å². The highest BCUT2D eigenvalue weighted by atomic mass is 16.7. The minimum Gasteiger partial charge on any atom is -0.466 e. The lowest BCUT2D eigenvalue weighted by molar-refractivity contribution is -0.143. The number of ketones is 1. The van der Waals surface area contributed by atoms with Crippen LogP contribution in [-0.4, -0.2) is 34.6 Å². The monoisotopic (exact) mass is 585 g/mol. The Balaban J connectivity index is 1.86. The van der Waals surface area contributed by atoms with E-state index in [0.717, 1.165) is 64.8 Å². The van der Waals surface area contributed by atoms with Gasteiger partial charge in [-0.15, -0.1) is 4.91 Å². The summed E-state index contributed by atoms with van der Waals surface area (Å²) in [6, 6.07) is 15.0. The molecule has 0 bridgehead atoms. The number of hydrogen-bond donors (Lipinski definition) is 0. The van der Waals surface area contributed by atoms with Crippen LogP contribution in [0.2, 0.25) is 0 Å². The van der Waals surface area contributed by atoms with Gasteiger partial charge in [-0.3, -0.25) is 9.59 Å². The summed E-state index contributed by atoms with van der Waals surface area (Å²) in [6.07, 6.45) is 4.96. The molecule has 0 radical (unpaired) electrons. The van der Waals surface area contributed by atoms with Crippen LogP contribution in [-0.2, 0) is 25.7 Å².